The lowest BCUT2D eigenvalue weighted by atomic mass is 10.0. The van der Waals surface area contributed by atoms with Gasteiger partial charge in [-0.1, -0.05) is 13.8 Å². The molecular weight excluding hydrogens is 270 g/mol. The number of amides is 2. The van der Waals surface area contributed by atoms with Gasteiger partial charge in [0.15, 0.2) is 0 Å². The molecule has 3 N–H and O–H groups in total. The number of carbonyl (C=O) groups is 2. The zero-order chi connectivity index (χ0) is 16.0. The molecule has 6 heteroatoms. The first-order chi connectivity index (χ1) is 9.77. The molecule has 0 aromatic heterocycles. The van der Waals surface area contributed by atoms with Crippen molar-refractivity contribution in [3.05, 3.63) is 0 Å². The number of carboxylic acid groups (broad SMARTS) is 1. The number of hydrogen-bond donors (Lipinski definition) is 3. The van der Waals surface area contributed by atoms with Crippen LogP contribution in [0.3, 0.4) is 0 Å². The maximum atomic E-state index is 12.1. The number of aliphatic carboxylic acids is 1. The van der Waals surface area contributed by atoms with Crippen LogP contribution in [0.15, 0.2) is 0 Å². The van der Waals surface area contributed by atoms with E-state index in [1.807, 2.05) is 19.0 Å². The molecule has 0 aromatic carbocycles. The molecule has 2 amide bonds. The fraction of sp³-hybridized carbons (Fsp3) is 0.867. The van der Waals surface area contributed by atoms with Crippen LogP contribution in [0.25, 0.3) is 0 Å². The van der Waals surface area contributed by atoms with Crippen LogP contribution in [-0.2, 0) is 4.79 Å². The number of carbonyl (C=O) groups excluding carboxylic acids is 1. The van der Waals surface area contributed by atoms with E-state index in [1.54, 1.807) is 0 Å². The van der Waals surface area contributed by atoms with Crippen molar-refractivity contribution in [1.82, 2.24) is 15.5 Å². The maximum Gasteiger partial charge on any atom is 0.315 e. The first kappa shape index (κ1) is 17.8. The minimum Gasteiger partial charge on any atom is -0.481 e. The molecule has 0 heterocycles. The number of carboxylic acids is 1. The molecule has 1 saturated carbocycles. The van der Waals surface area contributed by atoms with Gasteiger partial charge in [0.1, 0.15) is 0 Å². The lowest BCUT2D eigenvalue weighted by molar-refractivity contribution is -0.137. The molecule has 1 rings (SSSR count). The first-order valence-electron chi connectivity index (χ1n) is 7.71. The predicted octanol–water partition coefficient (Wildman–Crippen LogP) is 1.52. The van der Waals surface area contributed by atoms with Gasteiger partial charge < -0.3 is 20.6 Å². The highest BCUT2D eigenvalue weighted by Crippen LogP contribution is 2.33. The predicted molar refractivity (Wildman–Crippen MR) is 82.2 cm³/mol. The lowest BCUT2D eigenvalue weighted by Crippen LogP contribution is -2.50. The number of urea groups is 1. The van der Waals surface area contributed by atoms with Gasteiger partial charge in [0.05, 0.1) is 6.42 Å². The molecular formula is C15H29N3O3. The molecule has 0 aromatic rings. The number of nitrogens with one attached hydrogen (secondary N) is 2. The number of hydrogen-bond acceptors (Lipinski definition) is 3. The average Bonchev–Trinajstić information content (AvgIpc) is 3.08. The second-order valence-electron chi connectivity index (χ2n) is 6.75. The van der Waals surface area contributed by atoms with Gasteiger partial charge in [-0.2, -0.15) is 0 Å². The van der Waals surface area contributed by atoms with Crippen LogP contribution in [-0.4, -0.2) is 54.7 Å². The smallest absolute Gasteiger partial charge is 0.315 e. The standard InChI is InChI=1S/C15H29N3O3/c1-10(2)7-12(9-18(3)4)16-15(21)17-13(8-14(19)20)11-5-6-11/h10-13H,5-9H2,1-4H3,(H,19,20)(H2,16,17,21). The Hall–Kier alpha value is -1.30. The number of nitrogens with zero attached hydrogens (tertiary/aromatic N) is 1. The highest BCUT2D eigenvalue weighted by atomic mass is 16.4. The van der Waals surface area contributed by atoms with Crippen LogP contribution in [0, 0.1) is 11.8 Å². The highest BCUT2D eigenvalue weighted by molar-refractivity contribution is 5.76. The quantitative estimate of drug-likeness (QED) is 0.603. The number of likely N-dealkylation sites (N-methyl/N-ethyl adjacent to an activating group) is 1. The Labute approximate surface area is 127 Å². The zero-order valence-electron chi connectivity index (χ0n) is 13.6. The summed E-state index contributed by atoms with van der Waals surface area (Å²) >= 11 is 0. The van der Waals surface area contributed by atoms with Crippen molar-refractivity contribution in [2.75, 3.05) is 20.6 Å². The van der Waals surface area contributed by atoms with Gasteiger partial charge in [-0.25, -0.2) is 4.79 Å². The second-order valence-corrected chi connectivity index (χ2v) is 6.75. The second kappa shape index (κ2) is 8.22. The van der Waals surface area contributed by atoms with Crippen molar-refractivity contribution in [1.29, 1.82) is 0 Å². The molecule has 122 valence electrons. The molecule has 0 bridgehead atoms. The van der Waals surface area contributed by atoms with Crippen molar-refractivity contribution in [3.8, 4) is 0 Å². The molecule has 0 aliphatic heterocycles. The molecule has 2 atom stereocenters. The summed E-state index contributed by atoms with van der Waals surface area (Å²) in [6.45, 7) is 5.03. The van der Waals surface area contributed by atoms with Crippen LogP contribution in [0.5, 0.6) is 0 Å². The molecule has 2 unspecified atom stereocenters. The Bertz CT molecular complexity index is 344. The maximum absolute atomic E-state index is 12.1. The Morgan fingerprint density at radius 1 is 1.24 bits per heavy atom. The minimum absolute atomic E-state index is 0.000610. The van der Waals surface area contributed by atoms with Crippen molar-refractivity contribution in [3.63, 3.8) is 0 Å². The van der Waals surface area contributed by atoms with Gasteiger partial charge in [-0.15, -0.1) is 0 Å². The van der Waals surface area contributed by atoms with Gasteiger partial charge in [-0.05, 0) is 45.2 Å². The van der Waals surface area contributed by atoms with E-state index in [0.717, 1.165) is 25.8 Å². The Balaban J connectivity index is 2.48. The summed E-state index contributed by atoms with van der Waals surface area (Å²) in [5.74, 6) is -0.0445. The summed E-state index contributed by atoms with van der Waals surface area (Å²) < 4.78 is 0. The fourth-order valence-corrected chi connectivity index (χ4v) is 2.61. The SMILES string of the molecule is CC(C)CC(CN(C)C)NC(=O)NC(CC(=O)O)C1CC1. The van der Waals surface area contributed by atoms with E-state index in [-0.39, 0.29) is 24.5 Å². The van der Waals surface area contributed by atoms with Crippen LogP contribution >= 0.6 is 0 Å². The van der Waals surface area contributed by atoms with E-state index in [0.29, 0.717) is 11.8 Å². The number of rotatable bonds is 9. The lowest BCUT2D eigenvalue weighted by Gasteiger charge is -2.25. The summed E-state index contributed by atoms with van der Waals surface area (Å²) in [4.78, 5) is 25.0. The summed E-state index contributed by atoms with van der Waals surface area (Å²) in [6, 6.07) is -0.424. The Kier molecular flexibility index (Phi) is 6.95. The largest absolute Gasteiger partial charge is 0.481 e. The Morgan fingerprint density at radius 2 is 1.86 bits per heavy atom. The molecule has 1 aliphatic rings. The van der Waals surface area contributed by atoms with Gasteiger partial charge in [0.2, 0.25) is 0 Å². The monoisotopic (exact) mass is 299 g/mol. The Morgan fingerprint density at radius 3 is 2.29 bits per heavy atom. The van der Waals surface area contributed by atoms with E-state index in [1.165, 1.54) is 0 Å². The molecule has 21 heavy (non-hydrogen) atoms. The molecule has 6 nitrogen and oxygen atoms in total. The molecule has 0 saturated heterocycles. The fourth-order valence-electron chi connectivity index (χ4n) is 2.61. The van der Waals surface area contributed by atoms with Gasteiger partial charge in [0, 0.05) is 18.6 Å². The average molecular weight is 299 g/mol. The van der Waals surface area contributed by atoms with Crippen LogP contribution in [0.1, 0.15) is 39.5 Å². The summed E-state index contributed by atoms with van der Waals surface area (Å²) in [5.41, 5.74) is 0. The third-order valence-electron chi connectivity index (χ3n) is 3.58. The van der Waals surface area contributed by atoms with Crippen LogP contribution in [0.2, 0.25) is 0 Å². The third kappa shape index (κ3) is 7.90. The van der Waals surface area contributed by atoms with E-state index in [2.05, 4.69) is 24.5 Å². The van der Waals surface area contributed by atoms with E-state index in [4.69, 9.17) is 5.11 Å². The van der Waals surface area contributed by atoms with Gasteiger partial charge in [-0.3, -0.25) is 4.79 Å². The third-order valence-corrected chi connectivity index (χ3v) is 3.58. The highest BCUT2D eigenvalue weighted by Gasteiger charge is 2.34. The minimum atomic E-state index is -0.862. The summed E-state index contributed by atoms with van der Waals surface area (Å²) in [7, 11) is 3.95. The summed E-state index contributed by atoms with van der Waals surface area (Å²) in [6.07, 6.45) is 2.91. The summed E-state index contributed by atoms with van der Waals surface area (Å²) in [5, 5.41) is 14.7. The van der Waals surface area contributed by atoms with Crippen molar-refractivity contribution >= 4 is 12.0 Å². The molecule has 0 radical (unpaired) electrons. The zero-order valence-corrected chi connectivity index (χ0v) is 13.6. The van der Waals surface area contributed by atoms with Crippen LogP contribution in [0.4, 0.5) is 4.79 Å². The van der Waals surface area contributed by atoms with Crippen molar-refractivity contribution in [2.24, 2.45) is 11.8 Å². The molecule has 0 spiro atoms. The van der Waals surface area contributed by atoms with Crippen LogP contribution < -0.4 is 10.6 Å². The first-order valence-corrected chi connectivity index (χ1v) is 7.71. The topological polar surface area (TPSA) is 81.7 Å². The molecule has 1 aliphatic carbocycles. The van der Waals surface area contributed by atoms with Gasteiger partial charge in [0.25, 0.3) is 0 Å². The van der Waals surface area contributed by atoms with Gasteiger partial charge >= 0.3 is 12.0 Å². The van der Waals surface area contributed by atoms with Crippen molar-refractivity contribution in [2.45, 2.75) is 51.6 Å². The normalized spacial score (nSPS) is 17.6. The van der Waals surface area contributed by atoms with E-state index >= 15 is 0 Å². The van der Waals surface area contributed by atoms with E-state index in [9.17, 15) is 9.59 Å². The molecule has 1 fully saturated rings. The van der Waals surface area contributed by atoms with Crippen molar-refractivity contribution < 1.29 is 14.7 Å². The van der Waals surface area contributed by atoms with E-state index < -0.39 is 5.97 Å².